The van der Waals surface area contributed by atoms with E-state index in [2.05, 4.69) is 16.9 Å². The minimum Gasteiger partial charge on any atom is -0.330 e. The maximum absolute atomic E-state index is 5.51. The van der Waals surface area contributed by atoms with Crippen molar-refractivity contribution >= 4 is 11.8 Å². The van der Waals surface area contributed by atoms with Gasteiger partial charge in [-0.3, -0.25) is 0 Å². The quantitative estimate of drug-likeness (QED) is 0.760. The molecule has 0 saturated carbocycles. The van der Waals surface area contributed by atoms with Crippen molar-refractivity contribution in [1.82, 2.24) is 9.97 Å². The van der Waals surface area contributed by atoms with E-state index in [9.17, 15) is 0 Å². The third-order valence-corrected chi connectivity index (χ3v) is 3.41. The number of nitrogens with zero attached hydrogens (tertiary/aromatic N) is 2. The molecule has 0 saturated heterocycles. The van der Waals surface area contributed by atoms with Crippen LogP contribution in [0.5, 0.6) is 0 Å². The van der Waals surface area contributed by atoms with Crippen molar-refractivity contribution in [2.24, 2.45) is 5.73 Å². The van der Waals surface area contributed by atoms with E-state index < -0.39 is 0 Å². The smallest absolute Gasteiger partial charge is 0.131 e. The van der Waals surface area contributed by atoms with Gasteiger partial charge >= 0.3 is 0 Å². The van der Waals surface area contributed by atoms with Crippen molar-refractivity contribution in [1.29, 1.82) is 0 Å². The molecule has 1 aromatic heterocycles. The molecule has 0 spiro atoms. The molecule has 0 amide bonds. The highest BCUT2D eigenvalue weighted by atomic mass is 32.2. The lowest BCUT2D eigenvalue weighted by atomic mass is 10.1. The van der Waals surface area contributed by atoms with E-state index in [0.717, 1.165) is 30.8 Å². The number of aryl methyl sites for hydroxylation is 1. The fourth-order valence-corrected chi connectivity index (χ4v) is 2.77. The Labute approximate surface area is 88.5 Å². The van der Waals surface area contributed by atoms with Crippen LogP contribution in [0.2, 0.25) is 0 Å². The van der Waals surface area contributed by atoms with Crippen molar-refractivity contribution in [2.75, 3.05) is 12.3 Å². The summed E-state index contributed by atoms with van der Waals surface area (Å²) in [5.41, 5.74) is 8.11. The summed E-state index contributed by atoms with van der Waals surface area (Å²) in [6, 6.07) is 0. The number of hydrogen-bond donors (Lipinski definition) is 1. The van der Waals surface area contributed by atoms with Crippen molar-refractivity contribution in [3.8, 4) is 0 Å². The second-order valence-corrected chi connectivity index (χ2v) is 4.44. The maximum Gasteiger partial charge on any atom is 0.131 e. The van der Waals surface area contributed by atoms with Crippen LogP contribution in [0.25, 0.3) is 0 Å². The van der Waals surface area contributed by atoms with E-state index >= 15 is 0 Å². The molecule has 1 aromatic rings. The zero-order chi connectivity index (χ0) is 9.97. The van der Waals surface area contributed by atoms with Gasteiger partial charge in [-0.2, -0.15) is 0 Å². The Morgan fingerprint density at radius 2 is 2.29 bits per heavy atom. The van der Waals surface area contributed by atoms with Gasteiger partial charge in [-0.1, -0.05) is 6.92 Å². The average molecular weight is 209 g/mol. The third-order valence-electron chi connectivity index (χ3n) is 2.39. The molecule has 3 nitrogen and oxygen atoms in total. The molecule has 1 aliphatic heterocycles. The monoisotopic (exact) mass is 209 g/mol. The highest BCUT2D eigenvalue weighted by molar-refractivity contribution is 7.99. The molecule has 0 fully saturated rings. The Morgan fingerprint density at radius 3 is 3.00 bits per heavy atom. The summed E-state index contributed by atoms with van der Waals surface area (Å²) < 4.78 is 0. The summed E-state index contributed by atoms with van der Waals surface area (Å²) >= 11 is 1.85. The van der Waals surface area contributed by atoms with Gasteiger partial charge < -0.3 is 5.73 Å². The lowest BCUT2D eigenvalue weighted by Crippen LogP contribution is -2.09. The van der Waals surface area contributed by atoms with Gasteiger partial charge in [0.25, 0.3) is 0 Å². The van der Waals surface area contributed by atoms with E-state index in [0.29, 0.717) is 6.54 Å². The van der Waals surface area contributed by atoms with Crippen molar-refractivity contribution in [3.05, 3.63) is 17.1 Å². The number of aromatic nitrogens is 2. The molecule has 2 N–H and O–H groups in total. The summed E-state index contributed by atoms with van der Waals surface area (Å²) in [7, 11) is 0. The summed E-state index contributed by atoms with van der Waals surface area (Å²) in [5, 5.41) is 1.19. The molecule has 4 heteroatoms. The topological polar surface area (TPSA) is 51.8 Å². The second-order valence-electron chi connectivity index (χ2n) is 3.36. The van der Waals surface area contributed by atoms with Gasteiger partial charge in [0.2, 0.25) is 0 Å². The predicted octanol–water partition coefficient (Wildman–Crippen LogP) is 1.19. The SMILES string of the molecule is CCc1nc(CCN)nc2c1CCS2. The van der Waals surface area contributed by atoms with Gasteiger partial charge in [-0.15, -0.1) is 11.8 Å². The van der Waals surface area contributed by atoms with Gasteiger partial charge in [0.05, 0.1) is 0 Å². The largest absolute Gasteiger partial charge is 0.330 e. The Bertz CT molecular complexity index is 338. The molecule has 0 aliphatic carbocycles. The van der Waals surface area contributed by atoms with Crippen molar-refractivity contribution in [2.45, 2.75) is 31.2 Å². The number of thioether (sulfide) groups is 1. The molecule has 0 aromatic carbocycles. The van der Waals surface area contributed by atoms with Crippen LogP contribution in [-0.4, -0.2) is 22.3 Å². The standard InChI is InChI=1S/C10H15N3S/c1-2-8-7-4-6-14-10(7)13-9(12-8)3-5-11/h2-6,11H2,1H3. The highest BCUT2D eigenvalue weighted by Gasteiger charge is 2.18. The molecule has 0 unspecified atom stereocenters. The first-order valence-corrected chi connectivity index (χ1v) is 6.05. The van der Waals surface area contributed by atoms with Gasteiger partial charge in [0, 0.05) is 23.4 Å². The lowest BCUT2D eigenvalue weighted by Gasteiger charge is -2.06. The summed E-state index contributed by atoms with van der Waals surface area (Å²) in [5.74, 6) is 2.07. The number of fused-ring (bicyclic) bond motifs is 1. The zero-order valence-corrected chi connectivity index (χ0v) is 9.23. The van der Waals surface area contributed by atoms with Crippen LogP contribution in [0.1, 0.15) is 24.0 Å². The van der Waals surface area contributed by atoms with Crippen molar-refractivity contribution in [3.63, 3.8) is 0 Å². The molecule has 0 bridgehead atoms. The van der Waals surface area contributed by atoms with Crippen LogP contribution < -0.4 is 5.73 Å². The van der Waals surface area contributed by atoms with Crippen molar-refractivity contribution < 1.29 is 0 Å². The first kappa shape index (κ1) is 9.93. The molecule has 1 aliphatic rings. The predicted molar refractivity (Wildman–Crippen MR) is 58.6 cm³/mol. The van der Waals surface area contributed by atoms with Crippen LogP contribution in [0.15, 0.2) is 5.03 Å². The molecule has 2 rings (SSSR count). The third kappa shape index (κ3) is 1.77. The zero-order valence-electron chi connectivity index (χ0n) is 8.42. The molecular formula is C10H15N3S. The highest BCUT2D eigenvalue weighted by Crippen LogP contribution is 2.31. The summed E-state index contributed by atoms with van der Waals surface area (Å²) in [6.07, 6.45) is 2.93. The Balaban J connectivity index is 2.39. The van der Waals surface area contributed by atoms with E-state index in [4.69, 9.17) is 5.73 Å². The number of rotatable bonds is 3. The Kier molecular flexibility index (Phi) is 3.03. The Morgan fingerprint density at radius 1 is 1.43 bits per heavy atom. The number of hydrogen-bond acceptors (Lipinski definition) is 4. The van der Waals surface area contributed by atoms with Crippen LogP contribution in [0.4, 0.5) is 0 Å². The van der Waals surface area contributed by atoms with E-state index in [-0.39, 0.29) is 0 Å². The molecule has 0 atom stereocenters. The van der Waals surface area contributed by atoms with E-state index in [1.807, 2.05) is 11.8 Å². The molecule has 2 heterocycles. The Hall–Kier alpha value is -0.610. The fraction of sp³-hybridized carbons (Fsp3) is 0.600. The minimum atomic E-state index is 0.632. The van der Waals surface area contributed by atoms with Crippen LogP contribution in [0.3, 0.4) is 0 Å². The molecule has 14 heavy (non-hydrogen) atoms. The number of nitrogens with two attached hydrogens (primary N) is 1. The van der Waals surface area contributed by atoms with Gasteiger partial charge in [-0.05, 0) is 19.4 Å². The molecular weight excluding hydrogens is 194 g/mol. The average Bonchev–Trinajstić information content (AvgIpc) is 2.65. The van der Waals surface area contributed by atoms with Crippen LogP contribution in [-0.2, 0) is 19.3 Å². The van der Waals surface area contributed by atoms with Gasteiger partial charge in [0.15, 0.2) is 0 Å². The summed E-state index contributed by atoms with van der Waals surface area (Å²) in [4.78, 5) is 9.07. The molecule has 76 valence electrons. The second kappa shape index (κ2) is 4.28. The first-order chi connectivity index (χ1) is 6.85. The normalized spacial score (nSPS) is 14.4. The fourth-order valence-electron chi connectivity index (χ4n) is 1.71. The van der Waals surface area contributed by atoms with Crippen LogP contribution >= 0.6 is 11.8 Å². The maximum atomic E-state index is 5.51. The van der Waals surface area contributed by atoms with E-state index in [1.54, 1.807) is 0 Å². The van der Waals surface area contributed by atoms with E-state index in [1.165, 1.54) is 16.3 Å². The van der Waals surface area contributed by atoms with Gasteiger partial charge in [0.1, 0.15) is 10.9 Å². The lowest BCUT2D eigenvalue weighted by molar-refractivity contribution is 0.789. The first-order valence-electron chi connectivity index (χ1n) is 5.06. The van der Waals surface area contributed by atoms with Gasteiger partial charge in [-0.25, -0.2) is 9.97 Å². The molecule has 0 radical (unpaired) electrons. The van der Waals surface area contributed by atoms with Crippen LogP contribution in [0, 0.1) is 0 Å². The summed E-state index contributed by atoms with van der Waals surface area (Å²) in [6.45, 7) is 2.78. The minimum absolute atomic E-state index is 0.632.